The Labute approximate surface area is 106 Å². The molecular weight excluding hydrogens is 270 g/mol. The quantitative estimate of drug-likeness (QED) is 0.694. The lowest BCUT2D eigenvalue weighted by molar-refractivity contribution is 0.0168. The number of rotatable bonds is 1. The zero-order valence-corrected chi connectivity index (χ0v) is 11.8. The molecule has 1 saturated carbocycles. The predicted molar refractivity (Wildman–Crippen MR) is 66.8 cm³/mol. The number of halogens is 1. The summed E-state index contributed by atoms with van der Waals surface area (Å²) in [6.07, 6.45) is 3.37. The molecule has 1 aliphatic heterocycles. The normalized spacial score (nSPS) is 33.2. The first-order chi connectivity index (χ1) is 7.35. The van der Waals surface area contributed by atoms with E-state index < -0.39 is 0 Å². The molecule has 3 nitrogen and oxygen atoms in total. The molecular formula is C12H20BrNO2. The number of likely N-dealkylation sites (tertiary alicyclic amines) is 1. The number of alkyl halides is 1. The number of nitrogens with zero attached hydrogens (tertiary/aromatic N) is 1. The largest absolute Gasteiger partial charge is 0.444 e. The first kappa shape index (κ1) is 12.2. The third kappa shape index (κ3) is 2.22. The molecule has 16 heavy (non-hydrogen) atoms. The molecule has 1 aliphatic carbocycles. The van der Waals surface area contributed by atoms with Gasteiger partial charge in [-0.25, -0.2) is 4.79 Å². The van der Waals surface area contributed by atoms with Crippen LogP contribution in [0.2, 0.25) is 0 Å². The van der Waals surface area contributed by atoms with Gasteiger partial charge in [0.1, 0.15) is 5.60 Å². The number of hydrogen-bond acceptors (Lipinski definition) is 2. The van der Waals surface area contributed by atoms with Crippen LogP contribution in [0.25, 0.3) is 0 Å². The van der Waals surface area contributed by atoms with Crippen molar-refractivity contribution in [2.75, 3.05) is 11.9 Å². The van der Waals surface area contributed by atoms with Gasteiger partial charge in [0, 0.05) is 17.9 Å². The van der Waals surface area contributed by atoms with Gasteiger partial charge in [0.15, 0.2) is 0 Å². The van der Waals surface area contributed by atoms with Gasteiger partial charge >= 0.3 is 6.09 Å². The summed E-state index contributed by atoms with van der Waals surface area (Å²) < 4.78 is 5.44. The highest BCUT2D eigenvalue weighted by molar-refractivity contribution is 9.09. The van der Waals surface area contributed by atoms with Crippen LogP contribution in [0.4, 0.5) is 4.79 Å². The average Bonchev–Trinajstić information content (AvgIpc) is 2.72. The summed E-state index contributed by atoms with van der Waals surface area (Å²) in [5, 5.41) is 0.996. The molecule has 0 radical (unpaired) electrons. The number of ether oxygens (including phenoxy) is 1. The Kier molecular flexibility index (Phi) is 2.97. The minimum Gasteiger partial charge on any atom is -0.444 e. The molecule has 0 aromatic rings. The Hall–Kier alpha value is -0.250. The van der Waals surface area contributed by atoms with Gasteiger partial charge in [-0.05, 0) is 45.4 Å². The van der Waals surface area contributed by atoms with E-state index in [9.17, 15) is 4.79 Å². The van der Waals surface area contributed by atoms with Crippen molar-refractivity contribution < 1.29 is 9.53 Å². The van der Waals surface area contributed by atoms with E-state index in [4.69, 9.17) is 4.74 Å². The lowest BCUT2D eigenvalue weighted by Crippen LogP contribution is -2.43. The molecule has 2 fully saturated rings. The maximum atomic E-state index is 12.0. The third-order valence-corrected chi connectivity index (χ3v) is 4.72. The van der Waals surface area contributed by atoms with Crippen molar-refractivity contribution in [2.24, 2.45) is 5.41 Å². The summed E-state index contributed by atoms with van der Waals surface area (Å²) in [6.45, 7) is 6.61. The molecule has 1 heterocycles. The van der Waals surface area contributed by atoms with Crippen LogP contribution >= 0.6 is 15.9 Å². The van der Waals surface area contributed by atoms with Crippen molar-refractivity contribution in [1.29, 1.82) is 0 Å². The van der Waals surface area contributed by atoms with Gasteiger partial charge < -0.3 is 9.64 Å². The molecule has 2 atom stereocenters. The lowest BCUT2D eigenvalue weighted by Gasteiger charge is -2.33. The van der Waals surface area contributed by atoms with Crippen LogP contribution in [0.15, 0.2) is 0 Å². The van der Waals surface area contributed by atoms with Crippen LogP contribution in [0, 0.1) is 5.41 Å². The van der Waals surface area contributed by atoms with Crippen molar-refractivity contribution in [2.45, 2.75) is 51.7 Å². The van der Waals surface area contributed by atoms with Crippen LogP contribution in [0.3, 0.4) is 0 Å². The van der Waals surface area contributed by atoms with E-state index in [1.807, 2.05) is 25.7 Å². The van der Waals surface area contributed by atoms with Crippen molar-refractivity contribution in [3.8, 4) is 0 Å². The summed E-state index contributed by atoms with van der Waals surface area (Å²) in [6, 6.07) is 0.410. The molecule has 1 amide bonds. The zero-order chi connectivity index (χ0) is 12.0. The van der Waals surface area contributed by atoms with E-state index in [1.165, 1.54) is 6.42 Å². The fourth-order valence-corrected chi connectivity index (χ4v) is 3.46. The SMILES string of the molecule is CC(C)(C)OC(=O)N1CC2(CBr)CCC1C2. The second-order valence-electron chi connectivity index (χ2n) is 6.14. The second-order valence-corrected chi connectivity index (χ2v) is 6.70. The topological polar surface area (TPSA) is 29.5 Å². The molecule has 0 N–H and O–H groups in total. The smallest absolute Gasteiger partial charge is 0.410 e. The number of amides is 1. The highest BCUT2D eigenvalue weighted by Crippen LogP contribution is 2.49. The summed E-state index contributed by atoms with van der Waals surface area (Å²) in [5.74, 6) is 0. The van der Waals surface area contributed by atoms with Crippen molar-refractivity contribution in [3.05, 3.63) is 0 Å². The van der Waals surface area contributed by atoms with Gasteiger partial charge in [-0.3, -0.25) is 0 Å². The first-order valence-corrected chi connectivity index (χ1v) is 7.03. The molecule has 0 aromatic carbocycles. The van der Waals surface area contributed by atoms with E-state index in [0.29, 0.717) is 11.5 Å². The van der Waals surface area contributed by atoms with E-state index in [0.717, 1.165) is 24.7 Å². The standard InChI is InChI=1S/C12H20BrNO2/c1-11(2,3)16-10(15)14-8-12(7-13)5-4-9(14)6-12/h9H,4-8H2,1-3H3. The van der Waals surface area contributed by atoms with E-state index >= 15 is 0 Å². The van der Waals surface area contributed by atoms with Crippen LogP contribution in [-0.2, 0) is 4.74 Å². The van der Waals surface area contributed by atoms with Crippen molar-refractivity contribution in [1.82, 2.24) is 4.90 Å². The van der Waals surface area contributed by atoms with Crippen LogP contribution in [0.1, 0.15) is 40.0 Å². The van der Waals surface area contributed by atoms with E-state index in [2.05, 4.69) is 15.9 Å². The first-order valence-electron chi connectivity index (χ1n) is 5.91. The van der Waals surface area contributed by atoms with Gasteiger partial charge in [0.05, 0.1) is 0 Å². The Bertz CT molecular complexity index is 300. The Morgan fingerprint density at radius 3 is 2.75 bits per heavy atom. The van der Waals surface area contributed by atoms with Gasteiger partial charge in [-0.1, -0.05) is 15.9 Å². The number of carbonyl (C=O) groups is 1. The van der Waals surface area contributed by atoms with Gasteiger partial charge in [0.25, 0.3) is 0 Å². The average molecular weight is 290 g/mol. The van der Waals surface area contributed by atoms with Crippen LogP contribution in [0.5, 0.6) is 0 Å². The van der Waals surface area contributed by atoms with Crippen molar-refractivity contribution >= 4 is 22.0 Å². The number of hydrogen-bond donors (Lipinski definition) is 0. The zero-order valence-electron chi connectivity index (χ0n) is 10.3. The van der Waals surface area contributed by atoms with Crippen LogP contribution < -0.4 is 0 Å². The Balaban J connectivity index is 2.01. The maximum absolute atomic E-state index is 12.0. The second kappa shape index (κ2) is 3.90. The number of fused-ring (bicyclic) bond motifs is 2. The summed E-state index contributed by atoms with van der Waals surface area (Å²) in [4.78, 5) is 13.9. The fourth-order valence-electron chi connectivity index (χ4n) is 2.77. The summed E-state index contributed by atoms with van der Waals surface area (Å²) >= 11 is 3.58. The molecule has 0 spiro atoms. The lowest BCUT2D eigenvalue weighted by atomic mass is 9.90. The van der Waals surface area contributed by atoms with Crippen LogP contribution in [-0.4, -0.2) is 34.5 Å². The minimum atomic E-state index is -0.388. The monoisotopic (exact) mass is 289 g/mol. The minimum absolute atomic E-state index is 0.139. The van der Waals surface area contributed by atoms with Gasteiger partial charge in [-0.2, -0.15) is 0 Å². The van der Waals surface area contributed by atoms with Crippen molar-refractivity contribution in [3.63, 3.8) is 0 Å². The molecule has 2 unspecified atom stereocenters. The molecule has 0 aromatic heterocycles. The molecule has 2 rings (SSSR count). The number of piperidine rings is 1. The molecule has 2 aliphatic rings. The highest BCUT2D eigenvalue weighted by atomic mass is 79.9. The predicted octanol–water partition coefficient (Wildman–Crippen LogP) is 3.17. The Morgan fingerprint density at radius 1 is 1.56 bits per heavy atom. The maximum Gasteiger partial charge on any atom is 0.410 e. The summed E-state index contributed by atoms with van der Waals surface area (Å²) in [7, 11) is 0. The number of carbonyl (C=O) groups excluding carboxylic acids is 1. The van der Waals surface area contributed by atoms with Gasteiger partial charge in [0.2, 0.25) is 0 Å². The Morgan fingerprint density at radius 2 is 2.25 bits per heavy atom. The third-order valence-electron chi connectivity index (χ3n) is 3.53. The fraction of sp³-hybridized carbons (Fsp3) is 0.917. The molecule has 92 valence electrons. The van der Waals surface area contributed by atoms with E-state index in [1.54, 1.807) is 0 Å². The van der Waals surface area contributed by atoms with E-state index in [-0.39, 0.29) is 11.7 Å². The molecule has 2 bridgehead atoms. The molecule has 4 heteroatoms. The highest BCUT2D eigenvalue weighted by Gasteiger charge is 2.51. The summed E-state index contributed by atoms with van der Waals surface area (Å²) in [5.41, 5.74) is -0.0674. The van der Waals surface area contributed by atoms with Gasteiger partial charge in [-0.15, -0.1) is 0 Å². The molecule has 1 saturated heterocycles.